The molecule has 3 aromatic carbocycles. The van der Waals surface area contributed by atoms with E-state index in [2.05, 4.69) is 5.32 Å². The van der Waals surface area contributed by atoms with Crippen LogP contribution in [0.3, 0.4) is 0 Å². The van der Waals surface area contributed by atoms with Gasteiger partial charge < -0.3 is 14.8 Å². The number of carbonyl (C=O) groups excluding carboxylic acids is 1. The highest BCUT2D eigenvalue weighted by Crippen LogP contribution is 2.43. The number of hydrogen-bond acceptors (Lipinski definition) is 6. The maximum Gasteiger partial charge on any atom is 0.276 e. The Hall–Kier alpha value is -4.07. The summed E-state index contributed by atoms with van der Waals surface area (Å²) in [6, 6.07) is 18.5. The van der Waals surface area contributed by atoms with Gasteiger partial charge in [-0.05, 0) is 30.3 Å². The van der Waals surface area contributed by atoms with Crippen molar-refractivity contribution in [1.29, 1.82) is 0 Å². The van der Waals surface area contributed by atoms with Crippen molar-refractivity contribution in [2.24, 2.45) is 0 Å². The number of hydrogen-bond donors (Lipinski definition) is 1. The molecule has 0 spiro atoms. The van der Waals surface area contributed by atoms with Gasteiger partial charge in [0.25, 0.3) is 11.6 Å². The first-order valence-electron chi connectivity index (χ1n) is 9.19. The molecule has 0 aromatic heterocycles. The lowest BCUT2D eigenvalue weighted by Crippen LogP contribution is -2.43. The van der Waals surface area contributed by atoms with E-state index in [0.29, 0.717) is 34.0 Å². The molecule has 1 N–H and O–H groups in total. The first-order valence-corrected chi connectivity index (χ1v) is 9.19. The van der Waals surface area contributed by atoms with E-state index >= 15 is 0 Å². The molecule has 3 aromatic rings. The molecule has 0 aliphatic carbocycles. The number of methoxy groups -OCH3 is 2. The summed E-state index contributed by atoms with van der Waals surface area (Å²) in [4.78, 5) is 26.2. The van der Waals surface area contributed by atoms with Crippen molar-refractivity contribution in [2.45, 2.75) is 6.17 Å². The van der Waals surface area contributed by atoms with E-state index in [0.717, 1.165) is 0 Å². The fourth-order valence-corrected chi connectivity index (χ4v) is 3.59. The molecule has 0 unspecified atom stereocenters. The van der Waals surface area contributed by atoms with Gasteiger partial charge in [0.1, 0.15) is 17.7 Å². The first kappa shape index (κ1) is 19.3. The van der Waals surface area contributed by atoms with Gasteiger partial charge in [0.05, 0.1) is 36.0 Å². The van der Waals surface area contributed by atoms with Crippen molar-refractivity contribution in [3.05, 3.63) is 88.0 Å². The number of nitro benzene ring substituents is 1. The van der Waals surface area contributed by atoms with Gasteiger partial charge in [0.2, 0.25) is 0 Å². The molecule has 0 saturated heterocycles. The average Bonchev–Trinajstić information content (AvgIpc) is 2.78. The van der Waals surface area contributed by atoms with Gasteiger partial charge in [0.15, 0.2) is 0 Å². The van der Waals surface area contributed by atoms with Crippen LogP contribution in [0.5, 0.6) is 11.5 Å². The third-order valence-corrected chi connectivity index (χ3v) is 5.00. The van der Waals surface area contributed by atoms with Crippen LogP contribution in [0, 0.1) is 10.1 Å². The quantitative estimate of drug-likeness (QED) is 0.500. The number of fused-ring (bicyclic) bond motifs is 1. The highest BCUT2D eigenvalue weighted by molar-refractivity contribution is 6.12. The van der Waals surface area contributed by atoms with Gasteiger partial charge in [-0.3, -0.25) is 19.8 Å². The number of amides is 1. The van der Waals surface area contributed by atoms with E-state index in [1.807, 2.05) is 0 Å². The SMILES string of the molecule is COc1ccc(N2C(=O)c3ccccc3N[C@H]2c2ccccc2[N+](=O)[O-])c(OC)c1. The van der Waals surface area contributed by atoms with E-state index in [4.69, 9.17) is 9.47 Å². The van der Waals surface area contributed by atoms with E-state index in [1.54, 1.807) is 60.7 Å². The van der Waals surface area contributed by atoms with Crippen molar-refractivity contribution in [2.75, 3.05) is 24.4 Å². The molecular formula is C22H19N3O5. The lowest BCUT2D eigenvalue weighted by Gasteiger charge is -2.38. The van der Waals surface area contributed by atoms with Crippen LogP contribution in [0.25, 0.3) is 0 Å². The Morgan fingerprint density at radius 3 is 2.47 bits per heavy atom. The van der Waals surface area contributed by atoms with Crippen LogP contribution < -0.4 is 19.7 Å². The molecule has 1 aliphatic rings. The summed E-state index contributed by atoms with van der Waals surface area (Å²) in [6.45, 7) is 0. The number of carbonyl (C=O) groups is 1. The van der Waals surface area contributed by atoms with Crippen LogP contribution in [0.4, 0.5) is 17.1 Å². The Morgan fingerprint density at radius 2 is 1.73 bits per heavy atom. The summed E-state index contributed by atoms with van der Waals surface area (Å²) in [7, 11) is 3.03. The average molecular weight is 405 g/mol. The fraction of sp³-hybridized carbons (Fsp3) is 0.136. The van der Waals surface area contributed by atoms with Crippen LogP contribution in [-0.2, 0) is 0 Å². The first-order chi connectivity index (χ1) is 14.5. The minimum Gasteiger partial charge on any atom is -0.497 e. The monoisotopic (exact) mass is 405 g/mol. The molecule has 0 radical (unpaired) electrons. The minimum absolute atomic E-state index is 0.0836. The topological polar surface area (TPSA) is 93.9 Å². The summed E-state index contributed by atoms with van der Waals surface area (Å²) in [6.07, 6.45) is -0.809. The zero-order chi connectivity index (χ0) is 21.3. The van der Waals surface area contributed by atoms with Crippen molar-refractivity contribution in [3.63, 3.8) is 0 Å². The Bertz CT molecular complexity index is 1130. The van der Waals surface area contributed by atoms with Crippen LogP contribution in [0.1, 0.15) is 22.1 Å². The van der Waals surface area contributed by atoms with Crippen molar-refractivity contribution < 1.29 is 19.2 Å². The maximum absolute atomic E-state index is 13.5. The number of para-hydroxylation sites is 2. The van der Waals surface area contributed by atoms with Crippen LogP contribution >= 0.6 is 0 Å². The molecule has 1 aliphatic heterocycles. The molecule has 30 heavy (non-hydrogen) atoms. The number of rotatable bonds is 5. The Kier molecular flexibility index (Phi) is 4.97. The number of nitrogens with one attached hydrogen (secondary N) is 1. The summed E-state index contributed by atoms with van der Waals surface area (Å²) in [5.41, 5.74) is 1.82. The molecule has 1 atom stereocenters. The normalized spacial score (nSPS) is 15.2. The summed E-state index contributed by atoms with van der Waals surface area (Å²) in [5, 5.41) is 15.0. The zero-order valence-electron chi connectivity index (χ0n) is 16.4. The predicted molar refractivity (Wildman–Crippen MR) is 112 cm³/mol. The molecule has 0 bridgehead atoms. The third kappa shape index (κ3) is 3.18. The molecule has 8 heteroatoms. The van der Waals surface area contributed by atoms with Crippen LogP contribution in [0.15, 0.2) is 66.7 Å². The second kappa shape index (κ2) is 7.75. The lowest BCUT2D eigenvalue weighted by atomic mass is 10.0. The van der Waals surface area contributed by atoms with Crippen LogP contribution in [0.2, 0.25) is 0 Å². The molecule has 0 fully saturated rings. The third-order valence-electron chi connectivity index (χ3n) is 5.00. The van der Waals surface area contributed by atoms with Gasteiger partial charge in [-0.1, -0.05) is 24.3 Å². The smallest absolute Gasteiger partial charge is 0.276 e. The second-order valence-electron chi connectivity index (χ2n) is 6.62. The molecule has 8 nitrogen and oxygen atoms in total. The number of nitro groups is 1. The minimum atomic E-state index is -0.809. The molecular weight excluding hydrogens is 386 g/mol. The Morgan fingerprint density at radius 1 is 1.00 bits per heavy atom. The van der Waals surface area contributed by atoms with Crippen LogP contribution in [-0.4, -0.2) is 25.1 Å². The molecule has 4 rings (SSSR count). The summed E-state index contributed by atoms with van der Waals surface area (Å²) >= 11 is 0. The lowest BCUT2D eigenvalue weighted by molar-refractivity contribution is -0.385. The maximum atomic E-state index is 13.5. The van der Waals surface area contributed by atoms with Gasteiger partial charge in [-0.2, -0.15) is 0 Å². The van der Waals surface area contributed by atoms with E-state index in [-0.39, 0.29) is 11.6 Å². The zero-order valence-corrected chi connectivity index (χ0v) is 16.4. The Labute approximate surface area is 172 Å². The predicted octanol–water partition coefficient (Wildman–Crippen LogP) is 4.38. The van der Waals surface area contributed by atoms with E-state index in [1.165, 1.54) is 25.2 Å². The van der Waals surface area contributed by atoms with Crippen molar-refractivity contribution in [3.8, 4) is 11.5 Å². The highest BCUT2D eigenvalue weighted by Gasteiger charge is 2.38. The van der Waals surface area contributed by atoms with E-state index in [9.17, 15) is 14.9 Å². The van der Waals surface area contributed by atoms with Gasteiger partial charge in [0, 0.05) is 17.8 Å². The van der Waals surface area contributed by atoms with Crippen molar-refractivity contribution >= 4 is 23.0 Å². The van der Waals surface area contributed by atoms with Gasteiger partial charge in [-0.25, -0.2) is 0 Å². The van der Waals surface area contributed by atoms with Gasteiger partial charge in [-0.15, -0.1) is 0 Å². The molecule has 0 saturated carbocycles. The standard InChI is InChI=1S/C22H19N3O5/c1-29-14-11-12-19(20(13-14)30-2)24-21(16-8-4-6-10-18(16)25(27)28)23-17-9-5-3-7-15(17)22(24)26/h3-13,21,23H,1-2H3/t21-/m1/s1. The number of ether oxygens (including phenoxy) is 2. The van der Waals surface area contributed by atoms with Crippen molar-refractivity contribution in [1.82, 2.24) is 0 Å². The molecule has 152 valence electrons. The fourth-order valence-electron chi connectivity index (χ4n) is 3.59. The number of nitrogens with zero attached hydrogens (tertiary/aromatic N) is 2. The number of benzene rings is 3. The summed E-state index contributed by atoms with van der Waals surface area (Å²) < 4.78 is 10.8. The highest BCUT2D eigenvalue weighted by atomic mass is 16.6. The summed E-state index contributed by atoms with van der Waals surface area (Å²) in [5.74, 6) is 0.680. The Balaban J connectivity index is 1.94. The molecule has 1 amide bonds. The second-order valence-corrected chi connectivity index (χ2v) is 6.62. The van der Waals surface area contributed by atoms with E-state index < -0.39 is 11.1 Å². The molecule has 1 heterocycles. The van der Waals surface area contributed by atoms with Gasteiger partial charge >= 0.3 is 0 Å². The largest absolute Gasteiger partial charge is 0.497 e. The number of anilines is 2.